The number of aliphatic hydroxyl groups excluding tert-OH is 1. The molecule has 2 atom stereocenters. The van der Waals surface area contributed by atoms with E-state index in [4.69, 9.17) is 4.74 Å². The Hall–Kier alpha value is -1.59. The number of hydrogen-bond acceptors (Lipinski definition) is 4. The Bertz CT molecular complexity index is 506. The zero-order valence-corrected chi connectivity index (χ0v) is 13.7. The minimum atomic E-state index is -1.11. The maximum Gasteiger partial charge on any atom is 0.256 e. The fourth-order valence-corrected chi connectivity index (χ4v) is 2.88. The molecule has 2 unspecified atom stereocenters. The highest BCUT2D eigenvalue weighted by molar-refractivity contribution is 5.82. The van der Waals surface area contributed by atoms with Crippen LogP contribution in [0.4, 0.5) is 0 Å². The number of aliphatic hydroxyl groups is 1. The van der Waals surface area contributed by atoms with Crippen LogP contribution >= 0.6 is 0 Å². The molecule has 5 nitrogen and oxygen atoms in total. The van der Waals surface area contributed by atoms with Crippen LogP contribution in [0.2, 0.25) is 0 Å². The minimum absolute atomic E-state index is 0.213. The first-order valence-corrected chi connectivity index (χ1v) is 7.84. The number of rotatable bonds is 6. The molecule has 1 aliphatic heterocycles. The predicted molar refractivity (Wildman–Crippen MR) is 85.8 cm³/mol. The van der Waals surface area contributed by atoms with Gasteiger partial charge in [0.05, 0.1) is 7.11 Å². The lowest BCUT2D eigenvalue weighted by Crippen LogP contribution is -2.34. The molecule has 2 rings (SSSR count). The molecule has 1 aromatic carbocycles. The van der Waals surface area contributed by atoms with Crippen LogP contribution in [0.25, 0.3) is 0 Å². The van der Waals surface area contributed by atoms with Gasteiger partial charge in [-0.1, -0.05) is 19.1 Å². The van der Waals surface area contributed by atoms with Crippen molar-refractivity contribution in [2.45, 2.75) is 19.4 Å². The van der Waals surface area contributed by atoms with Crippen molar-refractivity contribution < 1.29 is 14.6 Å². The van der Waals surface area contributed by atoms with E-state index in [9.17, 15) is 9.90 Å². The quantitative estimate of drug-likeness (QED) is 0.866. The molecule has 1 saturated heterocycles. The van der Waals surface area contributed by atoms with Crippen LogP contribution in [0.15, 0.2) is 24.3 Å². The SMILES string of the molecule is CCN(C)CC1CCN(C(=O)C(O)c2cccc(OC)c2)C1. The number of hydrogen-bond donors (Lipinski definition) is 1. The summed E-state index contributed by atoms with van der Waals surface area (Å²) in [4.78, 5) is 16.5. The molecule has 5 heteroatoms. The van der Waals surface area contributed by atoms with Crippen molar-refractivity contribution in [1.29, 1.82) is 0 Å². The molecule has 1 amide bonds. The first kappa shape index (κ1) is 16.8. The Morgan fingerprint density at radius 1 is 1.55 bits per heavy atom. The molecule has 1 aliphatic rings. The zero-order chi connectivity index (χ0) is 16.1. The van der Waals surface area contributed by atoms with Gasteiger partial charge < -0.3 is 19.6 Å². The van der Waals surface area contributed by atoms with Gasteiger partial charge in [0.2, 0.25) is 0 Å². The second kappa shape index (κ2) is 7.61. The summed E-state index contributed by atoms with van der Waals surface area (Å²) in [5.41, 5.74) is 0.582. The molecule has 1 N–H and O–H groups in total. The summed E-state index contributed by atoms with van der Waals surface area (Å²) in [6, 6.07) is 7.05. The number of ether oxygens (including phenoxy) is 1. The number of likely N-dealkylation sites (tertiary alicyclic amines) is 1. The zero-order valence-electron chi connectivity index (χ0n) is 13.7. The Morgan fingerprint density at radius 3 is 3.00 bits per heavy atom. The Kier molecular flexibility index (Phi) is 5.80. The Labute approximate surface area is 132 Å². The lowest BCUT2D eigenvalue weighted by atomic mass is 10.1. The van der Waals surface area contributed by atoms with E-state index in [0.717, 1.165) is 32.6 Å². The molecule has 0 saturated carbocycles. The Balaban J connectivity index is 1.96. The van der Waals surface area contributed by atoms with Crippen LogP contribution in [0.5, 0.6) is 5.75 Å². The van der Waals surface area contributed by atoms with Gasteiger partial charge in [0.1, 0.15) is 5.75 Å². The third kappa shape index (κ3) is 3.99. The maximum atomic E-state index is 12.5. The molecule has 0 spiro atoms. The molecular weight excluding hydrogens is 280 g/mol. The van der Waals surface area contributed by atoms with Crippen LogP contribution in [-0.4, -0.2) is 61.2 Å². The minimum Gasteiger partial charge on any atom is -0.497 e. The lowest BCUT2D eigenvalue weighted by Gasteiger charge is -2.22. The number of nitrogens with zero attached hydrogens (tertiary/aromatic N) is 2. The molecule has 22 heavy (non-hydrogen) atoms. The van der Waals surface area contributed by atoms with Gasteiger partial charge in [0.15, 0.2) is 6.10 Å². The predicted octanol–water partition coefficient (Wildman–Crippen LogP) is 1.53. The van der Waals surface area contributed by atoms with Crippen molar-refractivity contribution in [3.8, 4) is 5.75 Å². The van der Waals surface area contributed by atoms with Crippen molar-refractivity contribution in [3.63, 3.8) is 0 Å². The summed E-state index contributed by atoms with van der Waals surface area (Å²) in [5, 5.41) is 10.3. The molecule has 0 bridgehead atoms. The summed E-state index contributed by atoms with van der Waals surface area (Å²) in [6.45, 7) is 5.59. The molecule has 0 radical (unpaired) electrons. The molecule has 122 valence electrons. The van der Waals surface area contributed by atoms with Crippen molar-refractivity contribution in [2.24, 2.45) is 5.92 Å². The standard InChI is InChI=1S/C17H26N2O3/c1-4-18(2)11-13-8-9-19(12-13)17(21)16(20)14-6-5-7-15(10-14)22-3/h5-7,10,13,16,20H,4,8-9,11-12H2,1-3H3. The summed E-state index contributed by atoms with van der Waals surface area (Å²) < 4.78 is 5.14. The monoisotopic (exact) mass is 306 g/mol. The van der Waals surface area contributed by atoms with Gasteiger partial charge in [0, 0.05) is 19.6 Å². The second-order valence-electron chi connectivity index (χ2n) is 5.97. The summed E-state index contributed by atoms with van der Waals surface area (Å²) in [7, 11) is 3.66. The summed E-state index contributed by atoms with van der Waals surface area (Å²) in [5.74, 6) is 0.925. The molecule has 1 fully saturated rings. The maximum absolute atomic E-state index is 12.5. The summed E-state index contributed by atoms with van der Waals surface area (Å²) in [6.07, 6.45) is -0.112. The van der Waals surface area contributed by atoms with Gasteiger partial charge in [0.25, 0.3) is 5.91 Å². The van der Waals surface area contributed by atoms with Crippen molar-refractivity contribution in [3.05, 3.63) is 29.8 Å². The highest BCUT2D eigenvalue weighted by atomic mass is 16.5. The largest absolute Gasteiger partial charge is 0.497 e. The molecular formula is C17H26N2O3. The number of amides is 1. The van der Waals surface area contributed by atoms with E-state index in [2.05, 4.69) is 18.9 Å². The number of methoxy groups -OCH3 is 1. The highest BCUT2D eigenvalue weighted by Crippen LogP contribution is 2.24. The topological polar surface area (TPSA) is 53.0 Å². The number of carbonyl (C=O) groups excluding carboxylic acids is 1. The van der Waals surface area contributed by atoms with Crippen molar-refractivity contribution in [1.82, 2.24) is 9.80 Å². The average molecular weight is 306 g/mol. The van der Waals surface area contributed by atoms with Gasteiger partial charge >= 0.3 is 0 Å². The van der Waals surface area contributed by atoms with Crippen LogP contribution < -0.4 is 4.74 Å². The van der Waals surface area contributed by atoms with Gasteiger partial charge in [-0.25, -0.2) is 0 Å². The fraction of sp³-hybridized carbons (Fsp3) is 0.588. The Morgan fingerprint density at radius 2 is 2.32 bits per heavy atom. The van der Waals surface area contributed by atoms with Crippen molar-refractivity contribution in [2.75, 3.05) is 40.3 Å². The third-order valence-corrected chi connectivity index (χ3v) is 4.35. The highest BCUT2D eigenvalue weighted by Gasteiger charge is 2.31. The van der Waals surface area contributed by atoms with Gasteiger partial charge in [-0.3, -0.25) is 4.79 Å². The van der Waals surface area contributed by atoms with E-state index in [0.29, 0.717) is 17.2 Å². The van der Waals surface area contributed by atoms with E-state index in [-0.39, 0.29) is 5.91 Å². The fourth-order valence-electron chi connectivity index (χ4n) is 2.88. The number of benzene rings is 1. The molecule has 1 aromatic rings. The van der Waals surface area contributed by atoms with Gasteiger partial charge in [-0.05, 0) is 43.6 Å². The molecule has 0 aliphatic carbocycles. The van der Waals surface area contributed by atoms with Crippen LogP contribution in [0, 0.1) is 5.92 Å². The molecule has 1 heterocycles. The smallest absolute Gasteiger partial charge is 0.256 e. The van der Waals surface area contributed by atoms with E-state index in [1.807, 2.05) is 0 Å². The lowest BCUT2D eigenvalue weighted by molar-refractivity contribution is -0.139. The molecule has 0 aromatic heterocycles. The first-order chi connectivity index (χ1) is 10.5. The number of carbonyl (C=O) groups is 1. The van der Waals surface area contributed by atoms with E-state index in [1.165, 1.54) is 0 Å². The van der Waals surface area contributed by atoms with E-state index < -0.39 is 6.10 Å². The second-order valence-corrected chi connectivity index (χ2v) is 5.97. The summed E-state index contributed by atoms with van der Waals surface area (Å²) >= 11 is 0. The van der Waals surface area contributed by atoms with Crippen LogP contribution in [0.1, 0.15) is 25.0 Å². The van der Waals surface area contributed by atoms with Crippen LogP contribution in [0.3, 0.4) is 0 Å². The first-order valence-electron chi connectivity index (χ1n) is 7.84. The van der Waals surface area contributed by atoms with Gasteiger partial charge in [-0.15, -0.1) is 0 Å². The normalized spacial score (nSPS) is 19.5. The third-order valence-electron chi connectivity index (χ3n) is 4.35. The average Bonchev–Trinajstić information content (AvgIpc) is 3.01. The van der Waals surface area contributed by atoms with Crippen LogP contribution in [-0.2, 0) is 4.79 Å². The van der Waals surface area contributed by atoms with Gasteiger partial charge in [-0.2, -0.15) is 0 Å². The van der Waals surface area contributed by atoms with E-state index >= 15 is 0 Å². The van der Waals surface area contributed by atoms with Crippen molar-refractivity contribution >= 4 is 5.91 Å². The van der Waals surface area contributed by atoms with E-state index in [1.54, 1.807) is 36.3 Å².